The van der Waals surface area contributed by atoms with Crippen molar-refractivity contribution in [2.75, 3.05) is 18.0 Å². The molecule has 2 aromatic heterocycles. The van der Waals surface area contributed by atoms with Crippen LogP contribution < -0.4 is 10.5 Å². The van der Waals surface area contributed by atoms with Crippen LogP contribution in [0.5, 0.6) is 0 Å². The molecule has 0 saturated carbocycles. The molecule has 0 radical (unpaired) electrons. The average Bonchev–Trinajstić information content (AvgIpc) is 2.93. The largest absolute Gasteiger partial charge is 0.355 e. The number of halogens is 1. The Balaban J connectivity index is 2.28. The van der Waals surface area contributed by atoms with Crippen LogP contribution in [0.2, 0.25) is 5.15 Å². The van der Waals surface area contributed by atoms with Crippen LogP contribution in [0.4, 0.5) is 5.82 Å². The van der Waals surface area contributed by atoms with E-state index in [0.717, 1.165) is 31.7 Å². The standard InChI is InChI=1S/C13H15ClN4O/c1-2-17-8-15-11-9(13(17)19)7-10(14)16-12(11)18-5-3-4-6-18/h7-8H,2-6H2,1H3. The van der Waals surface area contributed by atoms with Gasteiger partial charge in [0.15, 0.2) is 5.82 Å². The predicted octanol–water partition coefficient (Wildman–Crippen LogP) is 2.06. The molecule has 0 bridgehead atoms. The normalized spacial score (nSPS) is 15.4. The van der Waals surface area contributed by atoms with Crippen molar-refractivity contribution in [2.45, 2.75) is 26.3 Å². The first-order chi connectivity index (χ1) is 9.20. The lowest BCUT2D eigenvalue weighted by atomic mass is 10.2. The van der Waals surface area contributed by atoms with Crippen LogP contribution in [0.3, 0.4) is 0 Å². The van der Waals surface area contributed by atoms with E-state index in [4.69, 9.17) is 11.6 Å². The summed E-state index contributed by atoms with van der Waals surface area (Å²) in [6.07, 6.45) is 3.86. The fourth-order valence-corrected chi connectivity index (χ4v) is 2.68. The second kappa shape index (κ2) is 4.81. The van der Waals surface area contributed by atoms with Gasteiger partial charge in [-0.1, -0.05) is 11.6 Å². The van der Waals surface area contributed by atoms with Crippen LogP contribution >= 0.6 is 11.6 Å². The highest BCUT2D eigenvalue weighted by Crippen LogP contribution is 2.26. The Hall–Kier alpha value is -1.62. The molecule has 6 heteroatoms. The van der Waals surface area contributed by atoms with Crippen molar-refractivity contribution in [3.8, 4) is 0 Å². The molecule has 1 saturated heterocycles. The van der Waals surface area contributed by atoms with Crippen LogP contribution in [0.1, 0.15) is 19.8 Å². The zero-order chi connectivity index (χ0) is 13.4. The van der Waals surface area contributed by atoms with E-state index in [2.05, 4.69) is 14.9 Å². The first-order valence-corrected chi connectivity index (χ1v) is 6.89. The number of hydrogen-bond acceptors (Lipinski definition) is 4. The lowest BCUT2D eigenvalue weighted by Gasteiger charge is -2.18. The molecule has 19 heavy (non-hydrogen) atoms. The molecule has 2 aromatic rings. The number of aryl methyl sites for hydroxylation is 1. The first-order valence-electron chi connectivity index (χ1n) is 6.51. The van der Waals surface area contributed by atoms with E-state index in [-0.39, 0.29) is 5.56 Å². The van der Waals surface area contributed by atoms with Crippen LogP contribution in [0.15, 0.2) is 17.2 Å². The van der Waals surface area contributed by atoms with Gasteiger partial charge in [-0.3, -0.25) is 9.36 Å². The lowest BCUT2D eigenvalue weighted by molar-refractivity contribution is 0.717. The zero-order valence-corrected chi connectivity index (χ0v) is 11.5. The molecular formula is C13H15ClN4O. The maximum absolute atomic E-state index is 12.3. The summed E-state index contributed by atoms with van der Waals surface area (Å²) < 4.78 is 1.58. The number of aromatic nitrogens is 3. The summed E-state index contributed by atoms with van der Waals surface area (Å²) in [5.41, 5.74) is 0.596. The summed E-state index contributed by atoms with van der Waals surface area (Å²) in [4.78, 5) is 23.2. The van der Waals surface area contributed by atoms with Crippen molar-refractivity contribution < 1.29 is 0 Å². The molecule has 0 aliphatic carbocycles. The van der Waals surface area contributed by atoms with Gasteiger partial charge in [0.25, 0.3) is 5.56 Å². The Morgan fingerprint density at radius 3 is 2.79 bits per heavy atom. The Morgan fingerprint density at radius 1 is 1.37 bits per heavy atom. The van der Waals surface area contributed by atoms with Crippen LogP contribution in [-0.2, 0) is 6.54 Å². The van der Waals surface area contributed by atoms with Crippen molar-refractivity contribution in [3.63, 3.8) is 0 Å². The Kier molecular flexibility index (Phi) is 3.14. The summed E-state index contributed by atoms with van der Waals surface area (Å²) in [5, 5.41) is 0.897. The van der Waals surface area contributed by atoms with Gasteiger partial charge in [0.2, 0.25) is 0 Å². The molecule has 0 unspecified atom stereocenters. The molecule has 5 nitrogen and oxygen atoms in total. The number of anilines is 1. The van der Waals surface area contributed by atoms with E-state index in [9.17, 15) is 4.79 Å². The maximum Gasteiger partial charge on any atom is 0.261 e. The Morgan fingerprint density at radius 2 is 2.11 bits per heavy atom. The van der Waals surface area contributed by atoms with Crippen molar-refractivity contribution >= 4 is 28.3 Å². The predicted molar refractivity (Wildman–Crippen MR) is 75.9 cm³/mol. The minimum Gasteiger partial charge on any atom is -0.355 e. The van der Waals surface area contributed by atoms with E-state index in [0.29, 0.717) is 22.6 Å². The fourth-order valence-electron chi connectivity index (χ4n) is 2.49. The monoisotopic (exact) mass is 278 g/mol. The Labute approximate surface area is 115 Å². The molecule has 0 atom stereocenters. The van der Waals surface area contributed by atoms with E-state index in [1.54, 1.807) is 17.0 Å². The van der Waals surface area contributed by atoms with Gasteiger partial charge in [0, 0.05) is 19.6 Å². The minimum atomic E-state index is -0.0581. The molecule has 0 aromatic carbocycles. The molecule has 0 N–H and O–H groups in total. The molecule has 1 fully saturated rings. The summed E-state index contributed by atoms with van der Waals surface area (Å²) >= 11 is 6.06. The summed E-state index contributed by atoms with van der Waals surface area (Å²) in [5.74, 6) is 0.736. The molecule has 0 spiro atoms. The van der Waals surface area contributed by atoms with Crippen LogP contribution in [-0.4, -0.2) is 27.6 Å². The van der Waals surface area contributed by atoms with E-state index in [1.807, 2.05) is 6.92 Å². The highest BCUT2D eigenvalue weighted by molar-refractivity contribution is 6.30. The number of hydrogen-bond donors (Lipinski definition) is 0. The third-order valence-corrected chi connectivity index (χ3v) is 3.70. The van der Waals surface area contributed by atoms with Crippen molar-refractivity contribution in [2.24, 2.45) is 0 Å². The van der Waals surface area contributed by atoms with Crippen molar-refractivity contribution in [1.82, 2.24) is 14.5 Å². The van der Waals surface area contributed by atoms with Gasteiger partial charge in [-0.2, -0.15) is 0 Å². The molecule has 3 heterocycles. The van der Waals surface area contributed by atoms with Crippen molar-refractivity contribution in [3.05, 3.63) is 27.9 Å². The van der Waals surface area contributed by atoms with Gasteiger partial charge in [0.05, 0.1) is 11.7 Å². The minimum absolute atomic E-state index is 0.0581. The lowest BCUT2D eigenvalue weighted by Crippen LogP contribution is -2.23. The quantitative estimate of drug-likeness (QED) is 0.789. The van der Waals surface area contributed by atoms with E-state index < -0.39 is 0 Å². The molecular weight excluding hydrogens is 264 g/mol. The number of rotatable bonds is 2. The number of fused-ring (bicyclic) bond motifs is 1. The fraction of sp³-hybridized carbons (Fsp3) is 0.462. The van der Waals surface area contributed by atoms with Gasteiger partial charge in [-0.05, 0) is 25.8 Å². The van der Waals surface area contributed by atoms with Gasteiger partial charge >= 0.3 is 0 Å². The van der Waals surface area contributed by atoms with E-state index >= 15 is 0 Å². The second-order valence-electron chi connectivity index (χ2n) is 4.69. The second-order valence-corrected chi connectivity index (χ2v) is 5.08. The molecule has 1 aliphatic rings. The summed E-state index contributed by atoms with van der Waals surface area (Å²) in [6, 6.07) is 1.61. The van der Waals surface area contributed by atoms with Crippen LogP contribution in [0.25, 0.3) is 10.9 Å². The average molecular weight is 279 g/mol. The van der Waals surface area contributed by atoms with E-state index in [1.165, 1.54) is 0 Å². The number of nitrogens with zero attached hydrogens (tertiary/aromatic N) is 4. The maximum atomic E-state index is 12.3. The number of pyridine rings is 1. The summed E-state index contributed by atoms with van der Waals surface area (Å²) in [7, 11) is 0. The Bertz CT molecular complexity index is 676. The van der Waals surface area contributed by atoms with Gasteiger partial charge in [0.1, 0.15) is 10.7 Å². The zero-order valence-electron chi connectivity index (χ0n) is 10.8. The van der Waals surface area contributed by atoms with Crippen molar-refractivity contribution in [1.29, 1.82) is 0 Å². The third kappa shape index (κ3) is 2.08. The SMILES string of the molecule is CCn1cnc2c(N3CCCC3)nc(Cl)cc2c1=O. The summed E-state index contributed by atoms with van der Waals surface area (Å²) in [6.45, 7) is 4.40. The van der Waals surface area contributed by atoms with Gasteiger partial charge in [-0.15, -0.1) is 0 Å². The first kappa shape index (κ1) is 12.4. The highest BCUT2D eigenvalue weighted by Gasteiger charge is 2.19. The third-order valence-electron chi connectivity index (χ3n) is 3.51. The van der Waals surface area contributed by atoms with Gasteiger partial charge in [-0.25, -0.2) is 9.97 Å². The molecule has 3 rings (SSSR count). The molecule has 0 amide bonds. The topological polar surface area (TPSA) is 51.0 Å². The highest BCUT2D eigenvalue weighted by atomic mass is 35.5. The molecule has 1 aliphatic heterocycles. The smallest absolute Gasteiger partial charge is 0.261 e. The molecule has 100 valence electrons. The van der Waals surface area contributed by atoms with Gasteiger partial charge < -0.3 is 4.90 Å². The van der Waals surface area contributed by atoms with Crippen LogP contribution in [0, 0.1) is 0 Å².